The Bertz CT molecular complexity index is 2010. The van der Waals surface area contributed by atoms with Crippen LogP contribution in [-0.4, -0.2) is 58.6 Å². The van der Waals surface area contributed by atoms with Crippen molar-refractivity contribution in [2.45, 2.75) is 50.6 Å². The molecule has 50 heavy (non-hydrogen) atoms. The standard InChI is InChI=1S/C42H40N4O4/c47-39(25-29-9-3-1-4-10-29)45-23-7-13-37(45)41(49)43-35-20-17-31(18-21-35)32-15-16-34-28-36(22-19-33(34)27-32)44-42(50)38-14-8-24-46(38)40(48)26-30-11-5-2-6-12-30/h1-6,9-12,15-22,27-28,37-38H,7-8,13-14,23-26H2,(H,43,49)(H,44,50)/t37-,38-/m0/s1. The largest absolute Gasteiger partial charge is 0.330 e. The number of hydrogen-bond acceptors (Lipinski definition) is 4. The number of nitrogens with zero attached hydrogens (tertiary/aromatic N) is 2. The molecule has 2 saturated heterocycles. The van der Waals surface area contributed by atoms with Gasteiger partial charge in [0.1, 0.15) is 12.1 Å². The molecule has 0 bridgehead atoms. The van der Waals surface area contributed by atoms with E-state index in [1.807, 2.05) is 115 Å². The number of amides is 4. The number of anilines is 2. The van der Waals surface area contributed by atoms with Crippen LogP contribution in [0.4, 0.5) is 11.4 Å². The minimum atomic E-state index is -0.476. The summed E-state index contributed by atoms with van der Waals surface area (Å²) in [6.07, 6.45) is 3.50. The van der Waals surface area contributed by atoms with Crippen molar-refractivity contribution in [1.29, 1.82) is 0 Å². The van der Waals surface area contributed by atoms with Crippen molar-refractivity contribution in [3.8, 4) is 11.1 Å². The van der Waals surface area contributed by atoms with Crippen LogP contribution in [0.15, 0.2) is 121 Å². The topological polar surface area (TPSA) is 98.8 Å². The molecule has 0 saturated carbocycles. The predicted octanol–water partition coefficient (Wildman–Crippen LogP) is 6.85. The number of rotatable bonds is 9. The zero-order chi connectivity index (χ0) is 34.5. The van der Waals surface area contributed by atoms with Gasteiger partial charge in [-0.25, -0.2) is 0 Å². The van der Waals surface area contributed by atoms with E-state index >= 15 is 0 Å². The SMILES string of the molecule is O=C(Nc1ccc(-c2ccc3cc(NC(=O)[C@@H]4CCCN4C(=O)Cc4ccccc4)ccc3c2)cc1)[C@@H]1CCCN1C(=O)Cc1ccccc1. The van der Waals surface area contributed by atoms with E-state index in [-0.39, 0.29) is 36.5 Å². The zero-order valence-electron chi connectivity index (χ0n) is 27.9. The Morgan fingerprint density at radius 3 is 1.54 bits per heavy atom. The first-order chi connectivity index (χ1) is 24.4. The van der Waals surface area contributed by atoms with Crippen molar-refractivity contribution in [2.24, 2.45) is 0 Å². The highest BCUT2D eigenvalue weighted by molar-refractivity contribution is 6.00. The van der Waals surface area contributed by atoms with Crippen molar-refractivity contribution < 1.29 is 19.2 Å². The molecule has 0 unspecified atom stereocenters. The van der Waals surface area contributed by atoms with Crippen molar-refractivity contribution in [2.75, 3.05) is 23.7 Å². The second-order valence-electron chi connectivity index (χ2n) is 13.1. The van der Waals surface area contributed by atoms with Crippen LogP contribution in [0.1, 0.15) is 36.8 Å². The van der Waals surface area contributed by atoms with E-state index in [0.717, 1.165) is 45.9 Å². The molecule has 0 radical (unpaired) electrons. The van der Waals surface area contributed by atoms with Crippen LogP contribution in [0.2, 0.25) is 0 Å². The highest BCUT2D eigenvalue weighted by Gasteiger charge is 2.35. The first-order valence-electron chi connectivity index (χ1n) is 17.3. The van der Waals surface area contributed by atoms with E-state index in [1.165, 1.54) is 0 Å². The molecule has 252 valence electrons. The third-order valence-corrected chi connectivity index (χ3v) is 9.74. The molecule has 8 nitrogen and oxygen atoms in total. The van der Waals surface area contributed by atoms with Crippen LogP contribution in [-0.2, 0) is 32.0 Å². The van der Waals surface area contributed by atoms with Crippen LogP contribution < -0.4 is 10.6 Å². The maximum Gasteiger partial charge on any atom is 0.247 e. The van der Waals surface area contributed by atoms with Gasteiger partial charge in [0.05, 0.1) is 12.8 Å². The number of carbonyl (C=O) groups is 4. The second-order valence-corrected chi connectivity index (χ2v) is 13.1. The first-order valence-corrected chi connectivity index (χ1v) is 17.3. The minimum absolute atomic E-state index is 0.0261. The van der Waals surface area contributed by atoms with E-state index in [4.69, 9.17) is 0 Å². The van der Waals surface area contributed by atoms with E-state index in [1.54, 1.807) is 9.80 Å². The fraction of sp³-hybridized carbons (Fsp3) is 0.238. The van der Waals surface area contributed by atoms with Gasteiger partial charge in [-0.2, -0.15) is 0 Å². The fourth-order valence-corrected chi connectivity index (χ4v) is 7.12. The van der Waals surface area contributed by atoms with Crippen molar-refractivity contribution in [1.82, 2.24) is 9.80 Å². The maximum atomic E-state index is 13.3. The predicted molar refractivity (Wildman–Crippen MR) is 196 cm³/mol. The summed E-state index contributed by atoms with van der Waals surface area (Å²) < 4.78 is 0. The lowest BCUT2D eigenvalue weighted by atomic mass is 10.0. The van der Waals surface area contributed by atoms with Gasteiger partial charge in [-0.1, -0.05) is 91.0 Å². The summed E-state index contributed by atoms with van der Waals surface area (Å²) in [6, 6.07) is 38.0. The molecule has 4 amide bonds. The number of likely N-dealkylation sites (tertiary alicyclic amines) is 2. The maximum absolute atomic E-state index is 13.3. The molecule has 2 aliphatic heterocycles. The first kappa shape index (κ1) is 32.8. The van der Waals surface area contributed by atoms with Crippen LogP contribution in [0.3, 0.4) is 0 Å². The number of nitrogens with one attached hydrogen (secondary N) is 2. The molecular formula is C42H40N4O4. The molecule has 2 atom stereocenters. The van der Waals surface area contributed by atoms with Gasteiger partial charge < -0.3 is 20.4 Å². The molecule has 7 rings (SSSR count). The smallest absolute Gasteiger partial charge is 0.247 e. The molecule has 5 aromatic rings. The molecular weight excluding hydrogens is 624 g/mol. The van der Waals surface area contributed by atoms with E-state index in [2.05, 4.69) is 16.7 Å². The summed E-state index contributed by atoms with van der Waals surface area (Å²) in [5, 5.41) is 8.07. The molecule has 0 aliphatic carbocycles. The van der Waals surface area contributed by atoms with E-state index in [9.17, 15) is 19.2 Å². The molecule has 8 heteroatoms. The van der Waals surface area contributed by atoms with Crippen LogP contribution >= 0.6 is 0 Å². The summed E-state index contributed by atoms with van der Waals surface area (Å²) in [7, 11) is 0. The Labute approximate surface area is 292 Å². The summed E-state index contributed by atoms with van der Waals surface area (Å²) in [5.74, 6) is -0.376. The highest BCUT2D eigenvalue weighted by atomic mass is 16.2. The number of benzene rings is 5. The van der Waals surface area contributed by atoms with Gasteiger partial charge >= 0.3 is 0 Å². The number of carbonyl (C=O) groups excluding carboxylic acids is 4. The molecule has 2 N–H and O–H groups in total. The summed E-state index contributed by atoms with van der Waals surface area (Å²) in [6.45, 7) is 1.18. The van der Waals surface area contributed by atoms with Gasteiger partial charge in [-0.15, -0.1) is 0 Å². The number of fused-ring (bicyclic) bond motifs is 1. The Morgan fingerprint density at radius 1 is 0.520 bits per heavy atom. The van der Waals surface area contributed by atoms with Crippen molar-refractivity contribution in [3.63, 3.8) is 0 Å². The Kier molecular flexibility index (Phi) is 9.69. The Morgan fingerprint density at radius 2 is 0.980 bits per heavy atom. The average molecular weight is 665 g/mol. The highest BCUT2D eigenvalue weighted by Crippen LogP contribution is 2.29. The quantitative estimate of drug-likeness (QED) is 0.180. The molecule has 2 fully saturated rings. The molecule has 0 aromatic heterocycles. The fourth-order valence-electron chi connectivity index (χ4n) is 7.12. The van der Waals surface area contributed by atoms with E-state index in [0.29, 0.717) is 37.3 Å². The third kappa shape index (κ3) is 7.44. The van der Waals surface area contributed by atoms with E-state index < -0.39 is 12.1 Å². The van der Waals surface area contributed by atoms with Crippen molar-refractivity contribution in [3.05, 3.63) is 132 Å². The van der Waals surface area contributed by atoms with Gasteiger partial charge in [0.2, 0.25) is 23.6 Å². The lowest BCUT2D eigenvalue weighted by Gasteiger charge is -2.24. The normalized spacial score (nSPS) is 17.1. The minimum Gasteiger partial charge on any atom is -0.330 e. The lowest BCUT2D eigenvalue weighted by molar-refractivity contribution is -0.136. The molecule has 2 heterocycles. The van der Waals surface area contributed by atoms with Gasteiger partial charge in [0.25, 0.3) is 0 Å². The summed E-state index contributed by atoms with van der Waals surface area (Å²) >= 11 is 0. The van der Waals surface area contributed by atoms with Crippen LogP contribution in [0, 0.1) is 0 Å². The lowest BCUT2D eigenvalue weighted by Crippen LogP contribution is -2.43. The van der Waals surface area contributed by atoms with Crippen LogP contribution in [0.25, 0.3) is 21.9 Å². The molecule has 5 aromatic carbocycles. The average Bonchev–Trinajstić information content (AvgIpc) is 3.84. The molecule has 2 aliphatic rings. The monoisotopic (exact) mass is 664 g/mol. The van der Waals surface area contributed by atoms with Crippen molar-refractivity contribution >= 4 is 45.8 Å². The van der Waals surface area contributed by atoms with Gasteiger partial charge in [0, 0.05) is 24.5 Å². The van der Waals surface area contributed by atoms with Gasteiger partial charge in [-0.3, -0.25) is 19.2 Å². The summed E-state index contributed by atoms with van der Waals surface area (Å²) in [4.78, 5) is 56.0. The Hall–Kier alpha value is -5.76. The Balaban J connectivity index is 0.961. The third-order valence-electron chi connectivity index (χ3n) is 9.74. The second kappa shape index (κ2) is 14.8. The van der Waals surface area contributed by atoms with Crippen LogP contribution in [0.5, 0.6) is 0 Å². The van der Waals surface area contributed by atoms with Gasteiger partial charge in [-0.05, 0) is 89.0 Å². The zero-order valence-corrected chi connectivity index (χ0v) is 27.9. The van der Waals surface area contributed by atoms with Gasteiger partial charge in [0.15, 0.2) is 0 Å². The molecule has 0 spiro atoms. The summed E-state index contributed by atoms with van der Waals surface area (Å²) in [5.41, 5.74) is 5.30. The number of hydrogen-bond donors (Lipinski definition) is 2.